The Hall–Kier alpha value is -0.747. The molecule has 0 atom stereocenters. The molecule has 0 fully saturated rings. The van der Waals surface area contributed by atoms with E-state index in [1.165, 1.54) is 0 Å². The largest absolute Gasteiger partial charge is 3.00 e. The number of rotatable bonds is 8. The monoisotopic (exact) mass is 425 g/mol. The van der Waals surface area contributed by atoms with Crippen molar-refractivity contribution in [1.29, 1.82) is 0 Å². The summed E-state index contributed by atoms with van der Waals surface area (Å²) in [4.78, 5) is 28.5. The Morgan fingerprint density at radius 1 is 0.667 bits per heavy atom. The minimum atomic E-state index is -0.961. The van der Waals surface area contributed by atoms with E-state index in [0.29, 0.717) is 25.9 Å². The average Bonchev–Trinajstić information content (AvgIpc) is 2.41. The molecule has 0 heterocycles. The number of hydrogen-bond acceptors (Lipinski definition) is 7. The number of carboxylic acid groups (broad SMARTS) is 3. The predicted molar refractivity (Wildman–Crippen MR) is 81.7 cm³/mol. The summed E-state index contributed by atoms with van der Waals surface area (Å²) in [5.74, 6) is -2.88. The van der Waals surface area contributed by atoms with E-state index in [1.54, 1.807) is 20.8 Å². The van der Waals surface area contributed by atoms with E-state index in [4.69, 9.17) is 5.11 Å². The van der Waals surface area contributed by atoms with Gasteiger partial charge in [0.25, 0.3) is 0 Å². The van der Waals surface area contributed by atoms with Gasteiger partial charge in [-0.3, -0.25) is 0 Å². The van der Waals surface area contributed by atoms with Gasteiger partial charge in [-0.05, 0) is 25.7 Å². The number of carbonyl (C=O) groups excluding carboxylic acids is 3. The van der Waals surface area contributed by atoms with Crippen LogP contribution in [0.25, 0.3) is 0 Å². The van der Waals surface area contributed by atoms with Crippen molar-refractivity contribution in [3.63, 3.8) is 0 Å². The molecule has 1 N–H and O–H groups in total. The fourth-order valence-electron chi connectivity index (χ4n) is 0.770. The normalized spacial score (nSPS) is 7.88. The minimum Gasteiger partial charge on any atom is -0.550 e. The van der Waals surface area contributed by atoms with Crippen molar-refractivity contribution >= 4 is 17.9 Å². The number of carboxylic acids is 3. The molecule has 0 aliphatic carbocycles. The number of aliphatic hydroxyl groups is 1. The third-order valence-corrected chi connectivity index (χ3v) is 1.87. The third kappa shape index (κ3) is 82.9. The Morgan fingerprint density at radius 3 is 0.917 bits per heavy atom. The Balaban J connectivity index is -0.0000000661. The van der Waals surface area contributed by atoms with E-state index in [0.717, 1.165) is 12.8 Å². The molecule has 0 aromatic heterocycles. The van der Waals surface area contributed by atoms with Crippen LogP contribution in [0.15, 0.2) is 0 Å². The van der Waals surface area contributed by atoms with Gasteiger partial charge in [0.15, 0.2) is 0 Å². The second-order valence-corrected chi connectivity index (χ2v) is 4.44. The molecule has 0 aliphatic rings. The van der Waals surface area contributed by atoms with E-state index in [9.17, 15) is 29.7 Å². The van der Waals surface area contributed by atoms with Gasteiger partial charge in [-0.1, -0.05) is 53.4 Å². The van der Waals surface area contributed by atoms with Gasteiger partial charge >= 0.3 is 26.2 Å². The van der Waals surface area contributed by atoms with Gasteiger partial charge in [0.05, 0.1) is 0 Å². The molecule has 0 saturated carbocycles. The number of aliphatic carboxylic acids is 3. The van der Waals surface area contributed by atoms with Crippen LogP contribution in [0.4, 0.5) is 0 Å². The summed E-state index contributed by atoms with van der Waals surface area (Å²) in [5.41, 5.74) is 0. The van der Waals surface area contributed by atoms with Gasteiger partial charge < -0.3 is 34.8 Å². The minimum absolute atomic E-state index is 0. The summed E-state index contributed by atoms with van der Waals surface area (Å²) >= 11 is 0. The number of carbonyl (C=O) groups is 3. The molecule has 0 bridgehead atoms. The summed E-state index contributed by atoms with van der Waals surface area (Å²) in [5, 5.41) is 36.5. The molecule has 0 aromatic carbocycles. The zero-order chi connectivity index (χ0) is 19.1. The summed E-state index contributed by atoms with van der Waals surface area (Å²) in [6, 6.07) is 0. The fraction of sp³-hybridized carbons (Fsp3) is 0.812. The third-order valence-electron chi connectivity index (χ3n) is 1.87. The molecular formula is C16H31O7Zr. The SMILES string of the molecule is CCCC(=O)[O-].CCCC(=O)[O-].CCCC(=O)[O-].CCCCO.[Zr+3]. The van der Waals surface area contributed by atoms with Crippen molar-refractivity contribution in [1.82, 2.24) is 0 Å². The zero-order valence-electron chi connectivity index (χ0n) is 15.3. The van der Waals surface area contributed by atoms with Crippen LogP contribution in [0.1, 0.15) is 79.1 Å². The average molecular weight is 427 g/mol. The summed E-state index contributed by atoms with van der Waals surface area (Å²) in [6.45, 7) is 7.80. The molecule has 24 heavy (non-hydrogen) atoms. The topological polar surface area (TPSA) is 141 Å². The Morgan fingerprint density at radius 2 is 0.917 bits per heavy atom. The summed E-state index contributed by atoms with van der Waals surface area (Å²) < 4.78 is 0. The van der Waals surface area contributed by atoms with E-state index in [-0.39, 0.29) is 45.5 Å². The first kappa shape index (κ1) is 34.6. The Kier molecular flexibility index (Phi) is 48.6. The van der Waals surface area contributed by atoms with Crippen molar-refractivity contribution in [3.05, 3.63) is 0 Å². The maximum Gasteiger partial charge on any atom is 3.00 e. The molecule has 8 heteroatoms. The van der Waals surface area contributed by atoms with Crippen LogP contribution in [0.3, 0.4) is 0 Å². The first-order valence-electron chi connectivity index (χ1n) is 7.93. The van der Waals surface area contributed by atoms with Crippen LogP contribution >= 0.6 is 0 Å². The van der Waals surface area contributed by atoms with Crippen LogP contribution in [-0.4, -0.2) is 29.6 Å². The van der Waals surface area contributed by atoms with Crippen LogP contribution in [0.5, 0.6) is 0 Å². The van der Waals surface area contributed by atoms with E-state index in [1.807, 2.05) is 0 Å². The Bertz CT molecular complexity index is 231. The standard InChI is InChI=1S/3C4H8O2.C4H10O.Zr/c3*1-2-3-4(5)6;1-2-3-4-5;/h3*2-3H2,1H3,(H,5,6);5H,2-4H2,1H3;/q;;;;+3/p-3. The molecule has 1 radical (unpaired) electrons. The van der Waals surface area contributed by atoms with Gasteiger partial charge in [-0.15, -0.1) is 0 Å². The van der Waals surface area contributed by atoms with Crippen LogP contribution in [0, 0.1) is 0 Å². The van der Waals surface area contributed by atoms with Crippen LogP contribution in [-0.2, 0) is 40.6 Å². The van der Waals surface area contributed by atoms with Gasteiger partial charge in [0.1, 0.15) is 0 Å². The van der Waals surface area contributed by atoms with Gasteiger partial charge in [0, 0.05) is 24.5 Å². The predicted octanol–water partition coefficient (Wildman–Crippen LogP) is -0.614. The molecule has 0 amide bonds. The van der Waals surface area contributed by atoms with Crippen molar-refractivity contribution in [2.45, 2.75) is 79.1 Å². The second-order valence-electron chi connectivity index (χ2n) is 4.44. The smallest absolute Gasteiger partial charge is 0.550 e. The van der Waals surface area contributed by atoms with E-state index >= 15 is 0 Å². The summed E-state index contributed by atoms with van der Waals surface area (Å²) in [7, 11) is 0. The maximum absolute atomic E-state index is 9.49. The maximum atomic E-state index is 9.49. The fourth-order valence-corrected chi connectivity index (χ4v) is 0.770. The molecule has 7 nitrogen and oxygen atoms in total. The zero-order valence-corrected chi connectivity index (χ0v) is 17.7. The van der Waals surface area contributed by atoms with E-state index < -0.39 is 17.9 Å². The molecule has 141 valence electrons. The quantitative estimate of drug-likeness (QED) is 0.545. The first-order chi connectivity index (χ1) is 10.7. The molecule has 0 aliphatic heterocycles. The van der Waals surface area contributed by atoms with Gasteiger partial charge in [0.2, 0.25) is 0 Å². The molecular weight excluding hydrogens is 395 g/mol. The van der Waals surface area contributed by atoms with Gasteiger partial charge in [-0.25, -0.2) is 0 Å². The molecule has 0 unspecified atom stereocenters. The van der Waals surface area contributed by atoms with Crippen molar-refractivity contribution < 1.29 is 61.0 Å². The van der Waals surface area contributed by atoms with Gasteiger partial charge in [-0.2, -0.15) is 0 Å². The van der Waals surface area contributed by atoms with Crippen molar-refractivity contribution in [2.75, 3.05) is 6.61 Å². The number of hydrogen-bond donors (Lipinski definition) is 1. The first-order valence-corrected chi connectivity index (χ1v) is 7.93. The van der Waals surface area contributed by atoms with Crippen molar-refractivity contribution in [3.8, 4) is 0 Å². The number of unbranched alkanes of at least 4 members (excludes halogenated alkanes) is 1. The van der Waals surface area contributed by atoms with Crippen LogP contribution in [0.2, 0.25) is 0 Å². The molecule has 0 saturated heterocycles. The number of aliphatic hydroxyl groups excluding tert-OH is 1. The second kappa shape index (κ2) is 33.8. The molecule has 0 rings (SSSR count). The molecule has 0 spiro atoms. The molecule has 0 aromatic rings. The summed E-state index contributed by atoms with van der Waals surface area (Å²) in [6.07, 6.45) is 4.59. The van der Waals surface area contributed by atoms with E-state index in [2.05, 4.69) is 6.92 Å². The Labute approximate surface area is 164 Å². The van der Waals surface area contributed by atoms with Crippen molar-refractivity contribution in [2.24, 2.45) is 0 Å². The van der Waals surface area contributed by atoms with Crippen LogP contribution < -0.4 is 15.3 Å².